The van der Waals surface area contributed by atoms with Gasteiger partial charge in [-0.25, -0.2) is 4.79 Å². The van der Waals surface area contributed by atoms with Crippen LogP contribution in [0, 0.1) is 6.92 Å². The number of amides is 3. The number of carbonyl (C=O) groups excluding carboxylic acids is 2. The first kappa shape index (κ1) is 19.8. The number of benzene rings is 1. The van der Waals surface area contributed by atoms with Gasteiger partial charge in [0.15, 0.2) is 0 Å². The lowest BCUT2D eigenvalue weighted by Crippen LogP contribution is -2.46. The number of ether oxygens (including phenoxy) is 1. The van der Waals surface area contributed by atoms with E-state index >= 15 is 0 Å². The molecule has 0 aliphatic carbocycles. The van der Waals surface area contributed by atoms with Crippen LogP contribution in [-0.4, -0.2) is 50.3 Å². The van der Waals surface area contributed by atoms with Crippen molar-refractivity contribution in [3.05, 3.63) is 29.3 Å². The molecule has 0 spiro atoms. The molecule has 9 heteroatoms. The van der Waals surface area contributed by atoms with Gasteiger partial charge in [-0.1, -0.05) is 17.7 Å². The second-order valence-corrected chi connectivity index (χ2v) is 5.33. The third kappa shape index (κ3) is 7.32. The molecule has 3 amide bonds. The minimum Gasteiger partial charge on any atom is -0.496 e. The third-order valence-electron chi connectivity index (χ3n) is 2.99. The number of halogens is 3. The van der Waals surface area contributed by atoms with E-state index in [1.807, 2.05) is 30.4 Å². The fourth-order valence-corrected chi connectivity index (χ4v) is 2.01. The number of likely N-dealkylation sites (N-methyl/N-ethyl adjacent to an activating group) is 1. The molecule has 134 valence electrons. The number of urea groups is 1. The van der Waals surface area contributed by atoms with Crippen LogP contribution in [0.25, 0.3) is 0 Å². The Balaban J connectivity index is 2.50. The number of carbonyl (C=O) groups is 2. The second kappa shape index (κ2) is 8.53. The Hall–Kier alpha value is -2.29. The predicted molar refractivity (Wildman–Crippen MR) is 81.7 cm³/mol. The van der Waals surface area contributed by atoms with Crippen LogP contribution >= 0.6 is 0 Å². The van der Waals surface area contributed by atoms with Crippen LogP contribution in [0.3, 0.4) is 0 Å². The van der Waals surface area contributed by atoms with Crippen LogP contribution in [0.2, 0.25) is 0 Å². The summed E-state index contributed by atoms with van der Waals surface area (Å²) in [6, 6.07) is 4.42. The molecule has 1 aromatic carbocycles. The molecule has 6 nitrogen and oxygen atoms in total. The highest BCUT2D eigenvalue weighted by atomic mass is 19.4. The molecule has 1 aromatic rings. The van der Waals surface area contributed by atoms with Crippen molar-refractivity contribution in [2.24, 2.45) is 0 Å². The van der Waals surface area contributed by atoms with Crippen molar-refractivity contribution in [1.82, 2.24) is 15.5 Å². The smallest absolute Gasteiger partial charge is 0.405 e. The van der Waals surface area contributed by atoms with E-state index in [4.69, 9.17) is 4.74 Å². The molecule has 0 aromatic heterocycles. The Morgan fingerprint density at radius 2 is 1.96 bits per heavy atom. The Labute approximate surface area is 138 Å². The summed E-state index contributed by atoms with van der Waals surface area (Å²) in [5.41, 5.74) is 1.88. The normalized spacial score (nSPS) is 11.3. The Bertz CT molecular complexity index is 591. The van der Waals surface area contributed by atoms with E-state index in [1.165, 1.54) is 7.11 Å². The largest absolute Gasteiger partial charge is 0.496 e. The zero-order valence-electron chi connectivity index (χ0n) is 13.7. The van der Waals surface area contributed by atoms with E-state index in [9.17, 15) is 22.8 Å². The van der Waals surface area contributed by atoms with Gasteiger partial charge in [-0.15, -0.1) is 0 Å². The average Bonchev–Trinajstić information content (AvgIpc) is 2.44. The van der Waals surface area contributed by atoms with Crippen LogP contribution in [0.5, 0.6) is 5.75 Å². The average molecular weight is 347 g/mol. The maximum Gasteiger partial charge on any atom is 0.405 e. The lowest BCUT2D eigenvalue weighted by molar-refractivity contribution is -0.125. The third-order valence-corrected chi connectivity index (χ3v) is 2.99. The highest BCUT2D eigenvalue weighted by molar-refractivity contribution is 5.95. The minimum atomic E-state index is -4.53. The fraction of sp³-hybridized carbons (Fsp3) is 0.467. The summed E-state index contributed by atoms with van der Waals surface area (Å²) in [6.45, 7) is 0.641. The molecule has 0 bridgehead atoms. The summed E-state index contributed by atoms with van der Waals surface area (Å²) in [4.78, 5) is 24.5. The molecule has 2 N–H and O–H groups in total. The molecule has 0 aliphatic rings. The summed E-state index contributed by atoms with van der Waals surface area (Å²) in [5, 5.41) is 3.42. The maximum atomic E-state index is 12.0. The molecule has 0 atom stereocenters. The van der Waals surface area contributed by atoms with Crippen LogP contribution in [0.1, 0.15) is 11.1 Å². The van der Waals surface area contributed by atoms with Crippen molar-refractivity contribution >= 4 is 11.9 Å². The van der Waals surface area contributed by atoms with Crippen molar-refractivity contribution in [3.63, 3.8) is 0 Å². The predicted octanol–water partition coefficient (Wildman–Crippen LogP) is 1.82. The Morgan fingerprint density at radius 3 is 2.54 bits per heavy atom. The summed E-state index contributed by atoms with van der Waals surface area (Å²) in [5.74, 6) is -0.0421. The molecular formula is C15H20F3N3O3. The molecule has 0 saturated heterocycles. The molecule has 0 aliphatic heterocycles. The highest BCUT2D eigenvalue weighted by Crippen LogP contribution is 2.20. The number of methoxy groups -OCH3 is 1. The van der Waals surface area contributed by atoms with Gasteiger partial charge < -0.3 is 10.1 Å². The number of hydrogen-bond donors (Lipinski definition) is 2. The minimum absolute atomic E-state index is 0.156. The first-order chi connectivity index (χ1) is 11.1. The monoisotopic (exact) mass is 347 g/mol. The SMILES string of the molecule is COc1ccc(C)cc1CN(C)CC(=O)NC(=O)NCC(F)(F)F. The van der Waals surface area contributed by atoms with Crippen LogP contribution in [0.4, 0.5) is 18.0 Å². The highest BCUT2D eigenvalue weighted by Gasteiger charge is 2.28. The number of nitrogens with zero attached hydrogens (tertiary/aromatic N) is 1. The van der Waals surface area contributed by atoms with Gasteiger partial charge in [0.1, 0.15) is 12.3 Å². The molecule has 0 saturated carbocycles. The topological polar surface area (TPSA) is 70.7 Å². The molecule has 1 rings (SSSR count). The van der Waals surface area contributed by atoms with Gasteiger partial charge in [0, 0.05) is 12.1 Å². The Morgan fingerprint density at radius 1 is 1.29 bits per heavy atom. The molecule has 0 radical (unpaired) electrons. The van der Waals surface area contributed by atoms with E-state index in [1.54, 1.807) is 17.3 Å². The van der Waals surface area contributed by atoms with Crippen molar-refractivity contribution in [1.29, 1.82) is 0 Å². The maximum absolute atomic E-state index is 12.0. The number of imide groups is 1. The molecule has 0 unspecified atom stereocenters. The number of hydrogen-bond acceptors (Lipinski definition) is 4. The van der Waals surface area contributed by atoms with E-state index in [-0.39, 0.29) is 6.54 Å². The van der Waals surface area contributed by atoms with Crippen molar-refractivity contribution < 1.29 is 27.5 Å². The number of alkyl halides is 3. The molecule has 24 heavy (non-hydrogen) atoms. The number of aryl methyl sites for hydroxylation is 1. The fourth-order valence-electron chi connectivity index (χ4n) is 2.01. The van der Waals surface area contributed by atoms with Gasteiger partial charge in [0.25, 0.3) is 0 Å². The lowest BCUT2D eigenvalue weighted by atomic mass is 10.1. The Kier molecular flexibility index (Phi) is 7.02. The number of nitrogens with one attached hydrogen (secondary N) is 2. The zero-order valence-corrected chi connectivity index (χ0v) is 13.7. The quantitative estimate of drug-likeness (QED) is 0.824. The molecular weight excluding hydrogens is 327 g/mol. The second-order valence-electron chi connectivity index (χ2n) is 5.33. The standard InChI is InChI=1S/C15H20F3N3O3/c1-10-4-5-12(24-3)11(6-10)7-21(2)8-13(22)20-14(23)19-9-15(16,17)18/h4-6H,7-9H2,1-3H3,(H2,19,20,22,23). The zero-order chi connectivity index (χ0) is 18.3. The van der Waals surface area contributed by atoms with Gasteiger partial charge in [-0.05, 0) is 20.0 Å². The summed E-state index contributed by atoms with van der Waals surface area (Å²) in [7, 11) is 3.18. The molecule has 0 fully saturated rings. The van der Waals surface area contributed by atoms with E-state index in [0.29, 0.717) is 12.3 Å². The van der Waals surface area contributed by atoms with E-state index in [0.717, 1.165) is 11.1 Å². The van der Waals surface area contributed by atoms with Crippen molar-refractivity contribution in [2.45, 2.75) is 19.6 Å². The van der Waals surface area contributed by atoms with Crippen LogP contribution in [0.15, 0.2) is 18.2 Å². The lowest BCUT2D eigenvalue weighted by Gasteiger charge is -2.18. The first-order valence-corrected chi connectivity index (χ1v) is 7.07. The van der Waals surface area contributed by atoms with Crippen LogP contribution < -0.4 is 15.4 Å². The number of rotatable bonds is 6. The van der Waals surface area contributed by atoms with Crippen molar-refractivity contribution in [2.75, 3.05) is 27.2 Å². The van der Waals surface area contributed by atoms with Gasteiger partial charge >= 0.3 is 12.2 Å². The van der Waals surface area contributed by atoms with Crippen LogP contribution in [-0.2, 0) is 11.3 Å². The molecule has 0 heterocycles. The van der Waals surface area contributed by atoms with Gasteiger partial charge in [-0.3, -0.25) is 15.0 Å². The van der Waals surface area contributed by atoms with Gasteiger partial charge in [-0.2, -0.15) is 13.2 Å². The van der Waals surface area contributed by atoms with Gasteiger partial charge in [0.2, 0.25) is 5.91 Å². The summed E-state index contributed by atoms with van der Waals surface area (Å²) >= 11 is 0. The van der Waals surface area contributed by atoms with E-state index < -0.39 is 24.7 Å². The summed E-state index contributed by atoms with van der Waals surface area (Å²) < 4.78 is 41.1. The first-order valence-electron chi connectivity index (χ1n) is 7.07. The van der Waals surface area contributed by atoms with Crippen molar-refractivity contribution in [3.8, 4) is 5.75 Å². The van der Waals surface area contributed by atoms with E-state index in [2.05, 4.69) is 0 Å². The summed E-state index contributed by atoms with van der Waals surface area (Å²) in [6.07, 6.45) is -4.53. The van der Waals surface area contributed by atoms with Gasteiger partial charge in [0.05, 0.1) is 13.7 Å².